The third-order valence-corrected chi connectivity index (χ3v) is 4.99. The molecule has 152 valence electrons. The summed E-state index contributed by atoms with van der Waals surface area (Å²) in [5, 5.41) is 12.1. The lowest BCUT2D eigenvalue weighted by Crippen LogP contribution is -2.12. The van der Waals surface area contributed by atoms with E-state index in [1.165, 1.54) is 32.7 Å². The SMILES string of the molecule is COc1ccccc1Cc1nnc(NC(=O)c2cc(OC)c(OC)c(OC)c2)s1. The Morgan fingerprint density at radius 1 is 0.931 bits per heavy atom. The summed E-state index contributed by atoms with van der Waals surface area (Å²) in [4.78, 5) is 12.7. The molecule has 9 heteroatoms. The first-order valence-electron chi connectivity index (χ1n) is 8.65. The summed E-state index contributed by atoms with van der Waals surface area (Å²) in [6.45, 7) is 0. The molecule has 29 heavy (non-hydrogen) atoms. The van der Waals surface area contributed by atoms with E-state index in [2.05, 4.69) is 15.5 Å². The van der Waals surface area contributed by atoms with Crippen molar-refractivity contribution in [3.63, 3.8) is 0 Å². The number of amides is 1. The fourth-order valence-electron chi connectivity index (χ4n) is 2.77. The molecule has 2 aromatic carbocycles. The van der Waals surface area contributed by atoms with Gasteiger partial charge in [-0.3, -0.25) is 10.1 Å². The first kappa shape index (κ1) is 20.4. The number of aromatic nitrogens is 2. The molecule has 0 aliphatic heterocycles. The number of para-hydroxylation sites is 1. The summed E-state index contributed by atoms with van der Waals surface area (Å²) in [7, 11) is 6.12. The van der Waals surface area contributed by atoms with Crippen molar-refractivity contribution in [3.8, 4) is 23.0 Å². The van der Waals surface area contributed by atoms with Crippen molar-refractivity contribution in [2.45, 2.75) is 6.42 Å². The normalized spacial score (nSPS) is 10.3. The highest BCUT2D eigenvalue weighted by atomic mass is 32.1. The quantitative estimate of drug-likeness (QED) is 0.603. The molecule has 0 saturated carbocycles. The Kier molecular flexibility index (Phi) is 6.50. The van der Waals surface area contributed by atoms with Gasteiger partial charge in [0.1, 0.15) is 10.8 Å². The zero-order valence-electron chi connectivity index (χ0n) is 16.5. The van der Waals surface area contributed by atoms with Crippen LogP contribution >= 0.6 is 11.3 Å². The van der Waals surface area contributed by atoms with Crippen molar-refractivity contribution in [3.05, 3.63) is 52.5 Å². The molecule has 8 nitrogen and oxygen atoms in total. The Labute approximate surface area is 172 Å². The average Bonchev–Trinajstić information content (AvgIpc) is 3.19. The van der Waals surface area contributed by atoms with Gasteiger partial charge in [0.15, 0.2) is 11.5 Å². The lowest BCUT2D eigenvalue weighted by Gasteiger charge is -2.13. The second-order valence-corrected chi connectivity index (χ2v) is 6.92. The molecule has 0 aliphatic carbocycles. The Bertz CT molecular complexity index is 980. The molecule has 0 spiro atoms. The van der Waals surface area contributed by atoms with Gasteiger partial charge in [-0.05, 0) is 18.2 Å². The maximum atomic E-state index is 12.7. The Morgan fingerprint density at radius 3 is 2.21 bits per heavy atom. The van der Waals surface area contributed by atoms with Gasteiger partial charge < -0.3 is 18.9 Å². The first-order valence-corrected chi connectivity index (χ1v) is 9.46. The van der Waals surface area contributed by atoms with E-state index < -0.39 is 0 Å². The lowest BCUT2D eigenvalue weighted by molar-refractivity contribution is 0.102. The smallest absolute Gasteiger partial charge is 0.257 e. The van der Waals surface area contributed by atoms with Gasteiger partial charge in [0.25, 0.3) is 5.91 Å². The van der Waals surface area contributed by atoms with Crippen molar-refractivity contribution in [1.29, 1.82) is 0 Å². The summed E-state index contributed by atoms with van der Waals surface area (Å²) in [5.41, 5.74) is 1.34. The first-order chi connectivity index (χ1) is 14.1. The van der Waals surface area contributed by atoms with Crippen LogP contribution in [0.1, 0.15) is 20.9 Å². The fourth-order valence-corrected chi connectivity index (χ4v) is 3.53. The number of anilines is 1. The van der Waals surface area contributed by atoms with Gasteiger partial charge in [-0.2, -0.15) is 0 Å². The van der Waals surface area contributed by atoms with Crippen LogP contribution in [0.5, 0.6) is 23.0 Å². The third-order valence-electron chi connectivity index (χ3n) is 4.15. The van der Waals surface area contributed by atoms with Crippen LogP contribution in [0.2, 0.25) is 0 Å². The highest BCUT2D eigenvalue weighted by Gasteiger charge is 2.18. The van der Waals surface area contributed by atoms with Crippen molar-refractivity contribution in [2.75, 3.05) is 33.8 Å². The summed E-state index contributed by atoms with van der Waals surface area (Å²) in [6, 6.07) is 10.9. The van der Waals surface area contributed by atoms with Crippen molar-refractivity contribution >= 4 is 22.4 Å². The molecule has 1 N–H and O–H groups in total. The molecule has 0 unspecified atom stereocenters. The van der Waals surface area contributed by atoms with Crippen LogP contribution in [0.4, 0.5) is 5.13 Å². The molecule has 3 aromatic rings. The van der Waals surface area contributed by atoms with E-state index in [4.69, 9.17) is 18.9 Å². The van der Waals surface area contributed by atoms with Crippen molar-refractivity contribution < 1.29 is 23.7 Å². The van der Waals surface area contributed by atoms with Crippen LogP contribution in [0.3, 0.4) is 0 Å². The van der Waals surface area contributed by atoms with Gasteiger partial charge in [0.2, 0.25) is 10.9 Å². The molecule has 1 aromatic heterocycles. The summed E-state index contributed by atoms with van der Waals surface area (Å²) >= 11 is 1.30. The van der Waals surface area contributed by atoms with Crippen LogP contribution in [0.15, 0.2) is 36.4 Å². The van der Waals surface area contributed by atoms with E-state index in [1.807, 2.05) is 24.3 Å². The van der Waals surface area contributed by atoms with E-state index in [0.29, 0.717) is 34.4 Å². The molecule has 0 aliphatic rings. The maximum Gasteiger partial charge on any atom is 0.257 e. The molecule has 0 atom stereocenters. The molecular weight excluding hydrogens is 394 g/mol. The Balaban J connectivity index is 1.77. The molecule has 0 radical (unpaired) electrons. The second-order valence-electron chi connectivity index (χ2n) is 5.86. The zero-order valence-corrected chi connectivity index (χ0v) is 17.3. The zero-order chi connectivity index (χ0) is 20.8. The number of ether oxygens (including phenoxy) is 4. The Morgan fingerprint density at radius 2 is 1.59 bits per heavy atom. The van der Waals surface area contributed by atoms with Gasteiger partial charge in [0, 0.05) is 17.5 Å². The Hall–Kier alpha value is -3.33. The number of nitrogens with one attached hydrogen (secondary N) is 1. The van der Waals surface area contributed by atoms with E-state index in [1.54, 1.807) is 19.2 Å². The van der Waals surface area contributed by atoms with Crippen LogP contribution in [-0.2, 0) is 6.42 Å². The summed E-state index contributed by atoms with van der Waals surface area (Å²) < 4.78 is 21.2. The number of carbonyl (C=O) groups excluding carboxylic acids is 1. The highest BCUT2D eigenvalue weighted by molar-refractivity contribution is 7.15. The third kappa shape index (κ3) is 4.57. The van der Waals surface area contributed by atoms with Gasteiger partial charge in [-0.25, -0.2) is 0 Å². The van der Waals surface area contributed by atoms with E-state index in [0.717, 1.165) is 16.3 Å². The molecular formula is C20H21N3O5S. The minimum atomic E-state index is -0.357. The van der Waals surface area contributed by atoms with Gasteiger partial charge in [-0.15, -0.1) is 10.2 Å². The largest absolute Gasteiger partial charge is 0.496 e. The molecule has 0 saturated heterocycles. The molecule has 0 fully saturated rings. The molecule has 1 heterocycles. The van der Waals surface area contributed by atoms with E-state index in [9.17, 15) is 4.79 Å². The highest BCUT2D eigenvalue weighted by Crippen LogP contribution is 2.38. The molecule has 3 rings (SSSR count). The summed E-state index contributed by atoms with van der Waals surface area (Å²) in [5.74, 6) is 1.63. The summed E-state index contributed by atoms with van der Waals surface area (Å²) in [6.07, 6.45) is 0.557. The fraction of sp³-hybridized carbons (Fsp3) is 0.250. The number of nitrogens with zero attached hydrogens (tertiary/aromatic N) is 2. The van der Waals surface area contributed by atoms with Gasteiger partial charge >= 0.3 is 0 Å². The average molecular weight is 415 g/mol. The molecule has 1 amide bonds. The van der Waals surface area contributed by atoms with Crippen LogP contribution in [0, 0.1) is 0 Å². The minimum Gasteiger partial charge on any atom is -0.496 e. The van der Waals surface area contributed by atoms with Gasteiger partial charge in [-0.1, -0.05) is 29.5 Å². The number of rotatable bonds is 8. The van der Waals surface area contributed by atoms with E-state index >= 15 is 0 Å². The predicted octanol–water partition coefficient (Wildman–Crippen LogP) is 3.42. The van der Waals surface area contributed by atoms with Crippen molar-refractivity contribution in [1.82, 2.24) is 10.2 Å². The lowest BCUT2D eigenvalue weighted by atomic mass is 10.1. The monoisotopic (exact) mass is 415 g/mol. The number of hydrogen-bond acceptors (Lipinski definition) is 8. The van der Waals surface area contributed by atoms with Crippen LogP contribution < -0.4 is 24.3 Å². The van der Waals surface area contributed by atoms with Crippen LogP contribution in [0.25, 0.3) is 0 Å². The minimum absolute atomic E-state index is 0.348. The maximum absolute atomic E-state index is 12.7. The van der Waals surface area contributed by atoms with Gasteiger partial charge in [0.05, 0.1) is 28.4 Å². The topological polar surface area (TPSA) is 91.8 Å². The van der Waals surface area contributed by atoms with Crippen LogP contribution in [-0.4, -0.2) is 44.5 Å². The number of hydrogen-bond donors (Lipinski definition) is 1. The predicted molar refractivity (Wildman–Crippen MR) is 110 cm³/mol. The number of carbonyl (C=O) groups is 1. The van der Waals surface area contributed by atoms with Crippen molar-refractivity contribution in [2.24, 2.45) is 0 Å². The van der Waals surface area contributed by atoms with E-state index in [-0.39, 0.29) is 5.91 Å². The second kappa shape index (κ2) is 9.24. The number of methoxy groups -OCH3 is 4. The molecule has 0 bridgehead atoms. The standard InChI is InChI=1S/C20H21N3O5S/c1-25-14-8-6-5-7-12(14)11-17-22-23-20(29-17)21-19(24)13-9-15(26-2)18(28-4)16(10-13)27-3/h5-10H,11H2,1-4H3,(H,21,23,24). The number of benzene rings is 2.